The van der Waals surface area contributed by atoms with Gasteiger partial charge in [0.05, 0.1) is 29.6 Å². The molecule has 0 bridgehead atoms. The zero-order valence-corrected chi connectivity index (χ0v) is 22.7. The molecule has 37 heavy (non-hydrogen) atoms. The number of piperidine rings is 1. The van der Waals surface area contributed by atoms with Gasteiger partial charge in [-0.25, -0.2) is 17.4 Å². The molecule has 1 fully saturated rings. The van der Waals surface area contributed by atoms with Crippen molar-refractivity contribution in [3.05, 3.63) is 64.3 Å². The topological polar surface area (TPSA) is 93.5 Å². The fourth-order valence-electron chi connectivity index (χ4n) is 4.93. The number of nitrogens with zero attached hydrogens (tertiary/aromatic N) is 3. The van der Waals surface area contributed by atoms with Gasteiger partial charge in [-0.2, -0.15) is 5.10 Å². The Kier molecular flexibility index (Phi) is 7.49. The normalized spacial score (nSPS) is 19.1. The van der Waals surface area contributed by atoms with E-state index in [0.29, 0.717) is 66.1 Å². The number of ether oxygens (including phenoxy) is 1. The first kappa shape index (κ1) is 26.0. The van der Waals surface area contributed by atoms with Crippen LogP contribution in [0.4, 0.5) is 0 Å². The summed E-state index contributed by atoms with van der Waals surface area (Å²) in [5.74, 6) is 0.260. The van der Waals surface area contributed by atoms with Crippen LogP contribution in [0.1, 0.15) is 37.4 Å². The van der Waals surface area contributed by atoms with E-state index in [9.17, 15) is 13.2 Å². The van der Waals surface area contributed by atoms with Gasteiger partial charge in [0.1, 0.15) is 11.4 Å². The average Bonchev–Trinajstić information content (AvgIpc) is 3.14. The predicted octanol–water partition coefficient (Wildman–Crippen LogP) is 4.85. The molecule has 8 nitrogen and oxygen atoms in total. The van der Waals surface area contributed by atoms with Crippen LogP contribution in [0.15, 0.2) is 48.5 Å². The van der Waals surface area contributed by atoms with Crippen molar-refractivity contribution in [2.45, 2.75) is 31.7 Å². The Morgan fingerprint density at radius 3 is 2.43 bits per heavy atom. The zero-order valence-electron chi connectivity index (χ0n) is 20.4. The highest BCUT2D eigenvalue weighted by Gasteiger charge is 2.34. The molecular formula is C26H28Cl2N4O4S. The monoisotopic (exact) mass is 562 g/mol. The maximum atomic E-state index is 13.3. The zero-order chi connectivity index (χ0) is 26.2. The van der Waals surface area contributed by atoms with Gasteiger partial charge in [-0.05, 0) is 49.9 Å². The van der Waals surface area contributed by atoms with Crippen LogP contribution in [0.5, 0.6) is 5.75 Å². The molecule has 1 amide bonds. The standard InChI is InChI=1S/C26H28Cl2N4O4S/c1-37(34,35)31-14-12-18(13-15-31)26(33)29-21-6-4-16-36-25-23(21)30-32(22-7-3-2-5-20(22)28)24(25)17-8-10-19(27)11-9-17/h2-3,5,7-11,18,21H,4,6,12-16H2,1H3,(H,29,33). The van der Waals surface area contributed by atoms with Gasteiger partial charge in [0.2, 0.25) is 15.9 Å². The number of para-hydroxylation sites is 1. The van der Waals surface area contributed by atoms with Crippen LogP contribution in [0.3, 0.4) is 0 Å². The quantitative estimate of drug-likeness (QED) is 0.479. The lowest BCUT2D eigenvalue weighted by Gasteiger charge is -2.30. The van der Waals surface area contributed by atoms with Crippen molar-refractivity contribution < 1.29 is 17.9 Å². The first-order valence-corrected chi connectivity index (χ1v) is 14.8. The summed E-state index contributed by atoms with van der Waals surface area (Å²) in [6, 6.07) is 14.5. The van der Waals surface area contributed by atoms with Gasteiger partial charge in [0.15, 0.2) is 5.75 Å². The van der Waals surface area contributed by atoms with Crippen LogP contribution in [-0.4, -0.2) is 54.4 Å². The van der Waals surface area contributed by atoms with Crippen molar-refractivity contribution in [1.82, 2.24) is 19.4 Å². The Bertz CT molecular complexity index is 1400. The maximum Gasteiger partial charge on any atom is 0.223 e. The molecule has 5 rings (SSSR count). The lowest BCUT2D eigenvalue weighted by atomic mass is 9.96. The number of rotatable bonds is 5. The molecule has 1 atom stereocenters. The molecule has 1 aromatic heterocycles. The van der Waals surface area contributed by atoms with E-state index in [0.717, 1.165) is 17.7 Å². The van der Waals surface area contributed by atoms with Crippen molar-refractivity contribution >= 4 is 39.1 Å². The number of nitrogens with one attached hydrogen (secondary N) is 1. The van der Waals surface area contributed by atoms with Crippen LogP contribution in [-0.2, 0) is 14.8 Å². The Balaban J connectivity index is 1.49. The summed E-state index contributed by atoms with van der Waals surface area (Å²) in [5.41, 5.74) is 2.94. The maximum absolute atomic E-state index is 13.3. The summed E-state index contributed by atoms with van der Waals surface area (Å²) >= 11 is 12.7. The van der Waals surface area contributed by atoms with E-state index in [4.69, 9.17) is 33.0 Å². The molecule has 3 aromatic rings. The van der Waals surface area contributed by atoms with E-state index < -0.39 is 10.0 Å². The summed E-state index contributed by atoms with van der Waals surface area (Å²) in [6.45, 7) is 1.18. The van der Waals surface area contributed by atoms with Crippen LogP contribution in [0.2, 0.25) is 10.0 Å². The number of hydrogen-bond acceptors (Lipinski definition) is 5. The van der Waals surface area contributed by atoms with Gasteiger partial charge >= 0.3 is 0 Å². The number of sulfonamides is 1. The van der Waals surface area contributed by atoms with Gasteiger partial charge in [0, 0.05) is 29.6 Å². The first-order chi connectivity index (χ1) is 17.7. The minimum atomic E-state index is -3.25. The second kappa shape index (κ2) is 10.6. The number of fused-ring (bicyclic) bond motifs is 1. The fourth-order valence-corrected chi connectivity index (χ4v) is 6.14. The minimum absolute atomic E-state index is 0.0914. The number of amides is 1. The summed E-state index contributed by atoms with van der Waals surface area (Å²) in [6.07, 6.45) is 3.59. The number of benzene rings is 2. The molecule has 0 aliphatic carbocycles. The van der Waals surface area contributed by atoms with Crippen molar-refractivity contribution in [3.63, 3.8) is 0 Å². The second-order valence-electron chi connectivity index (χ2n) is 9.42. The number of carbonyl (C=O) groups is 1. The van der Waals surface area contributed by atoms with Gasteiger partial charge in [-0.3, -0.25) is 4.79 Å². The summed E-state index contributed by atoms with van der Waals surface area (Å²) in [5, 5.41) is 9.28. The van der Waals surface area contributed by atoms with E-state index in [1.807, 2.05) is 42.5 Å². The number of halogens is 2. The summed E-state index contributed by atoms with van der Waals surface area (Å²) < 4.78 is 33.1. The van der Waals surface area contributed by atoms with E-state index in [2.05, 4.69) is 5.32 Å². The van der Waals surface area contributed by atoms with Crippen molar-refractivity contribution in [1.29, 1.82) is 0 Å². The smallest absolute Gasteiger partial charge is 0.223 e. The second-order valence-corrected chi connectivity index (χ2v) is 12.2. The van der Waals surface area contributed by atoms with Crippen molar-refractivity contribution in [2.24, 2.45) is 5.92 Å². The molecule has 3 heterocycles. The summed E-state index contributed by atoms with van der Waals surface area (Å²) in [4.78, 5) is 13.3. The predicted molar refractivity (Wildman–Crippen MR) is 144 cm³/mol. The third-order valence-corrected chi connectivity index (χ3v) is 8.76. The Morgan fingerprint density at radius 1 is 1.05 bits per heavy atom. The van der Waals surface area contributed by atoms with E-state index in [-0.39, 0.29) is 17.9 Å². The molecule has 11 heteroatoms. The van der Waals surface area contributed by atoms with Gasteiger partial charge in [0.25, 0.3) is 0 Å². The Morgan fingerprint density at radius 2 is 1.76 bits per heavy atom. The Labute approximate surface area is 226 Å². The van der Waals surface area contributed by atoms with Crippen molar-refractivity contribution in [3.8, 4) is 22.7 Å². The average molecular weight is 564 g/mol. The van der Waals surface area contributed by atoms with Gasteiger partial charge in [-0.1, -0.05) is 47.5 Å². The third-order valence-electron chi connectivity index (χ3n) is 6.89. The highest BCUT2D eigenvalue weighted by molar-refractivity contribution is 7.88. The van der Waals surface area contributed by atoms with Gasteiger partial charge < -0.3 is 10.1 Å². The van der Waals surface area contributed by atoms with E-state index in [1.165, 1.54) is 10.6 Å². The molecule has 196 valence electrons. The molecule has 0 saturated carbocycles. The van der Waals surface area contributed by atoms with E-state index >= 15 is 0 Å². The molecular weight excluding hydrogens is 535 g/mol. The minimum Gasteiger partial charge on any atom is -0.489 e. The molecule has 0 radical (unpaired) electrons. The number of hydrogen-bond donors (Lipinski definition) is 1. The molecule has 1 unspecified atom stereocenters. The molecule has 1 N–H and O–H groups in total. The number of aromatic nitrogens is 2. The van der Waals surface area contributed by atoms with Gasteiger partial charge in [-0.15, -0.1) is 0 Å². The molecule has 0 spiro atoms. The van der Waals surface area contributed by atoms with E-state index in [1.54, 1.807) is 10.7 Å². The number of carbonyl (C=O) groups excluding carboxylic acids is 1. The molecule has 2 aromatic carbocycles. The van der Waals surface area contributed by atoms with Crippen LogP contribution in [0.25, 0.3) is 16.9 Å². The Hall–Kier alpha value is -2.59. The molecule has 1 saturated heterocycles. The third kappa shape index (κ3) is 5.50. The SMILES string of the molecule is CS(=O)(=O)N1CCC(C(=O)NC2CCCOc3c2nn(-c2ccccc2Cl)c3-c2ccc(Cl)cc2)CC1. The van der Waals surface area contributed by atoms with Crippen LogP contribution < -0.4 is 10.1 Å². The highest BCUT2D eigenvalue weighted by Crippen LogP contribution is 2.42. The summed E-state index contributed by atoms with van der Waals surface area (Å²) in [7, 11) is -3.25. The van der Waals surface area contributed by atoms with Crippen LogP contribution >= 0.6 is 23.2 Å². The fraction of sp³-hybridized carbons (Fsp3) is 0.385. The van der Waals surface area contributed by atoms with Crippen molar-refractivity contribution in [2.75, 3.05) is 26.0 Å². The first-order valence-electron chi connectivity index (χ1n) is 12.2. The lowest BCUT2D eigenvalue weighted by Crippen LogP contribution is -2.43. The molecule has 2 aliphatic heterocycles. The van der Waals surface area contributed by atoms with Crippen LogP contribution in [0, 0.1) is 5.92 Å². The molecule has 2 aliphatic rings. The largest absolute Gasteiger partial charge is 0.489 e. The highest BCUT2D eigenvalue weighted by atomic mass is 35.5. The lowest BCUT2D eigenvalue weighted by molar-refractivity contribution is -0.127.